The quantitative estimate of drug-likeness (QED) is 0.785. The van der Waals surface area contributed by atoms with Crippen LogP contribution in [0.15, 0.2) is 34.1 Å². The Labute approximate surface area is 139 Å². The zero-order valence-electron chi connectivity index (χ0n) is 13.8. The average molecular weight is 361 g/mol. The second-order valence-electron chi connectivity index (χ2n) is 6.32. The lowest BCUT2D eigenvalue weighted by Crippen LogP contribution is -2.49. The van der Waals surface area contributed by atoms with E-state index in [4.69, 9.17) is 0 Å². The summed E-state index contributed by atoms with van der Waals surface area (Å²) in [6.07, 6.45) is 1.03. The van der Waals surface area contributed by atoms with Crippen molar-refractivity contribution in [3.8, 4) is 0 Å². The van der Waals surface area contributed by atoms with Crippen molar-refractivity contribution in [1.82, 2.24) is 9.21 Å². The van der Waals surface area contributed by atoms with Crippen molar-refractivity contribution in [2.75, 3.05) is 39.0 Å². The number of hydrogen-bond donors (Lipinski definition) is 0. The summed E-state index contributed by atoms with van der Waals surface area (Å²) in [6.45, 7) is 7.29. The minimum atomic E-state index is -3.80. The molecule has 0 aliphatic carbocycles. The van der Waals surface area contributed by atoms with Crippen LogP contribution in [0.5, 0.6) is 0 Å². The average Bonchev–Trinajstić information content (AvgIpc) is 2.46. The maximum absolute atomic E-state index is 12.8. The van der Waals surface area contributed by atoms with E-state index in [-0.39, 0.29) is 9.79 Å². The molecule has 1 aromatic rings. The number of nitrogens with zero attached hydrogens (tertiary/aromatic N) is 2. The Hall–Kier alpha value is -0.960. The molecule has 130 valence electrons. The van der Waals surface area contributed by atoms with E-state index in [1.54, 1.807) is 6.07 Å². The van der Waals surface area contributed by atoms with Gasteiger partial charge in [-0.05, 0) is 18.1 Å². The van der Waals surface area contributed by atoms with Crippen molar-refractivity contribution in [2.24, 2.45) is 5.92 Å². The first kappa shape index (κ1) is 18.4. The van der Waals surface area contributed by atoms with Gasteiger partial charge in [-0.2, -0.15) is 4.31 Å². The number of benzene rings is 1. The molecular weight excluding hydrogens is 336 g/mol. The Morgan fingerprint density at radius 1 is 0.957 bits per heavy atom. The second-order valence-corrected chi connectivity index (χ2v) is 10.2. The van der Waals surface area contributed by atoms with Gasteiger partial charge in [0.25, 0.3) is 0 Å². The van der Waals surface area contributed by atoms with Crippen molar-refractivity contribution in [1.29, 1.82) is 0 Å². The molecule has 1 fully saturated rings. The van der Waals surface area contributed by atoms with Crippen LogP contribution in [0.25, 0.3) is 0 Å². The lowest BCUT2D eigenvalue weighted by molar-refractivity contribution is 0.172. The Bertz CT molecular complexity index is 749. The van der Waals surface area contributed by atoms with Crippen molar-refractivity contribution >= 4 is 19.9 Å². The number of hydrogen-bond acceptors (Lipinski definition) is 5. The molecule has 0 saturated carbocycles. The summed E-state index contributed by atoms with van der Waals surface area (Å²) in [4.78, 5) is 1.98. The molecule has 0 spiro atoms. The Balaban J connectivity index is 2.25. The van der Waals surface area contributed by atoms with Gasteiger partial charge in [-0.3, -0.25) is 0 Å². The normalized spacial score (nSPS) is 18.4. The van der Waals surface area contributed by atoms with Crippen molar-refractivity contribution in [3.05, 3.63) is 24.3 Å². The number of sulfonamides is 1. The number of sulfone groups is 1. The summed E-state index contributed by atoms with van der Waals surface area (Å²) >= 11 is 0. The van der Waals surface area contributed by atoms with Crippen LogP contribution in [-0.2, 0) is 19.9 Å². The van der Waals surface area contributed by atoms with E-state index in [0.29, 0.717) is 32.1 Å². The maximum atomic E-state index is 12.8. The summed E-state index contributed by atoms with van der Waals surface area (Å²) in [5.74, 6) is 0.532. The van der Waals surface area contributed by atoms with Crippen LogP contribution in [-0.4, -0.2) is 65.0 Å². The van der Waals surface area contributed by atoms with Gasteiger partial charge in [0, 0.05) is 39.0 Å². The van der Waals surface area contributed by atoms with E-state index in [0.717, 1.165) is 12.8 Å². The molecule has 1 saturated heterocycles. The fraction of sp³-hybridized carbons (Fsp3) is 0.600. The van der Waals surface area contributed by atoms with Gasteiger partial charge in [-0.15, -0.1) is 0 Å². The molecule has 23 heavy (non-hydrogen) atoms. The molecule has 1 heterocycles. The highest BCUT2D eigenvalue weighted by Crippen LogP contribution is 2.25. The molecule has 0 unspecified atom stereocenters. The SMILES string of the molecule is CC(C)CN1CCN(S(=O)(=O)c2ccccc2S(C)(=O)=O)CC1. The first-order valence-corrected chi connectivity index (χ1v) is 11.0. The van der Waals surface area contributed by atoms with Gasteiger partial charge in [0.15, 0.2) is 9.84 Å². The predicted molar refractivity (Wildman–Crippen MR) is 89.6 cm³/mol. The van der Waals surface area contributed by atoms with Crippen LogP contribution in [0.1, 0.15) is 13.8 Å². The zero-order valence-corrected chi connectivity index (χ0v) is 15.4. The minimum Gasteiger partial charge on any atom is -0.300 e. The van der Waals surface area contributed by atoms with E-state index in [1.807, 2.05) is 0 Å². The highest BCUT2D eigenvalue weighted by atomic mass is 32.2. The van der Waals surface area contributed by atoms with Gasteiger partial charge >= 0.3 is 0 Å². The fourth-order valence-electron chi connectivity index (χ4n) is 2.78. The second kappa shape index (κ2) is 6.88. The summed E-state index contributed by atoms with van der Waals surface area (Å²) in [5, 5.41) is 0. The van der Waals surface area contributed by atoms with Crippen LogP contribution in [0.3, 0.4) is 0 Å². The molecule has 0 radical (unpaired) electrons. The van der Waals surface area contributed by atoms with Gasteiger partial charge in [-0.1, -0.05) is 26.0 Å². The van der Waals surface area contributed by atoms with Crippen LogP contribution >= 0.6 is 0 Å². The number of rotatable bonds is 5. The molecule has 1 aromatic carbocycles. The molecule has 0 amide bonds. The zero-order chi connectivity index (χ0) is 17.3. The molecule has 1 aliphatic heterocycles. The van der Waals surface area contributed by atoms with Crippen LogP contribution in [0.4, 0.5) is 0 Å². The lowest BCUT2D eigenvalue weighted by atomic mass is 10.2. The predicted octanol–water partition coefficient (Wildman–Crippen LogP) is 1.05. The third kappa shape index (κ3) is 4.32. The van der Waals surface area contributed by atoms with E-state index >= 15 is 0 Å². The molecule has 0 atom stereocenters. The highest BCUT2D eigenvalue weighted by Gasteiger charge is 2.32. The van der Waals surface area contributed by atoms with Gasteiger partial charge in [0.05, 0.1) is 4.90 Å². The summed E-state index contributed by atoms with van der Waals surface area (Å²) < 4.78 is 50.8. The molecule has 6 nitrogen and oxygen atoms in total. The van der Waals surface area contributed by atoms with Gasteiger partial charge in [0.1, 0.15) is 4.90 Å². The lowest BCUT2D eigenvalue weighted by Gasteiger charge is -2.35. The molecule has 0 N–H and O–H groups in total. The van der Waals surface area contributed by atoms with E-state index in [9.17, 15) is 16.8 Å². The molecule has 0 aromatic heterocycles. The Morgan fingerprint density at radius 3 is 1.96 bits per heavy atom. The van der Waals surface area contributed by atoms with E-state index in [2.05, 4.69) is 18.7 Å². The summed E-state index contributed by atoms with van der Waals surface area (Å²) in [6, 6.07) is 5.80. The van der Waals surface area contributed by atoms with Crippen molar-refractivity contribution in [2.45, 2.75) is 23.6 Å². The van der Waals surface area contributed by atoms with E-state index < -0.39 is 19.9 Å². The maximum Gasteiger partial charge on any atom is 0.244 e. The Kier molecular flexibility index (Phi) is 5.50. The van der Waals surface area contributed by atoms with Gasteiger partial charge in [0.2, 0.25) is 10.0 Å². The third-order valence-corrected chi connectivity index (χ3v) is 7.06. The summed E-state index contributed by atoms with van der Waals surface area (Å²) in [5.41, 5.74) is 0. The monoisotopic (exact) mass is 360 g/mol. The smallest absolute Gasteiger partial charge is 0.244 e. The fourth-order valence-corrected chi connectivity index (χ4v) is 5.80. The molecule has 0 bridgehead atoms. The van der Waals surface area contributed by atoms with Crippen molar-refractivity contribution < 1.29 is 16.8 Å². The van der Waals surface area contributed by atoms with Crippen molar-refractivity contribution in [3.63, 3.8) is 0 Å². The molecule has 8 heteroatoms. The van der Waals surface area contributed by atoms with Crippen LogP contribution in [0.2, 0.25) is 0 Å². The topological polar surface area (TPSA) is 74.8 Å². The van der Waals surface area contributed by atoms with Gasteiger partial charge < -0.3 is 4.90 Å². The Morgan fingerprint density at radius 2 is 1.48 bits per heavy atom. The minimum absolute atomic E-state index is 0.125. The number of piperazine rings is 1. The van der Waals surface area contributed by atoms with Gasteiger partial charge in [-0.25, -0.2) is 16.8 Å². The standard InChI is InChI=1S/C15H24N2O4S2/c1-13(2)12-16-8-10-17(11-9-16)23(20,21)15-7-5-4-6-14(15)22(3,18)19/h4-7,13H,8-12H2,1-3H3. The van der Waals surface area contributed by atoms with Crippen LogP contribution in [0, 0.1) is 5.92 Å². The molecule has 1 aliphatic rings. The summed E-state index contributed by atoms with van der Waals surface area (Å²) in [7, 11) is -7.40. The van der Waals surface area contributed by atoms with Crippen LogP contribution < -0.4 is 0 Å². The first-order chi connectivity index (χ1) is 10.6. The third-order valence-electron chi connectivity index (χ3n) is 3.82. The molecular formula is C15H24N2O4S2. The highest BCUT2D eigenvalue weighted by molar-refractivity contribution is 7.93. The molecule has 2 rings (SSSR count). The largest absolute Gasteiger partial charge is 0.300 e. The van der Waals surface area contributed by atoms with E-state index in [1.165, 1.54) is 22.5 Å². The first-order valence-electron chi connectivity index (χ1n) is 7.64.